The highest BCUT2D eigenvalue weighted by molar-refractivity contribution is 5.72. The molecule has 5 heteroatoms. The number of nitrogens with one attached hydrogen (secondary N) is 1. The van der Waals surface area contributed by atoms with Crippen LogP contribution in [0.4, 0.5) is 0 Å². The molecule has 17 heavy (non-hydrogen) atoms. The molecule has 0 unspecified atom stereocenters. The van der Waals surface area contributed by atoms with E-state index >= 15 is 0 Å². The summed E-state index contributed by atoms with van der Waals surface area (Å²) in [6, 6.07) is 9.34. The zero-order valence-corrected chi connectivity index (χ0v) is 9.33. The molecule has 0 aliphatic carbocycles. The topological polar surface area (TPSA) is 75.6 Å². The van der Waals surface area contributed by atoms with Crippen molar-refractivity contribution in [2.75, 3.05) is 6.54 Å². The number of carbonyl (C=O) groups excluding carboxylic acids is 1. The normalized spacial score (nSPS) is 11.8. The minimum Gasteiger partial charge on any atom is -0.479 e. The first-order valence-electron chi connectivity index (χ1n) is 5.29. The van der Waals surface area contributed by atoms with E-state index in [-0.39, 0.29) is 19.6 Å². The highest BCUT2D eigenvalue weighted by Gasteiger charge is 2.17. The van der Waals surface area contributed by atoms with E-state index < -0.39 is 12.1 Å². The number of ether oxygens (including phenoxy) is 1. The minimum absolute atomic E-state index is 0.249. The molecule has 0 saturated carbocycles. The molecule has 0 radical (unpaired) electrons. The van der Waals surface area contributed by atoms with Gasteiger partial charge in [0.25, 0.3) is 0 Å². The fourth-order valence-corrected chi connectivity index (χ4v) is 1.32. The highest BCUT2D eigenvalue weighted by atomic mass is 16.5. The summed E-state index contributed by atoms with van der Waals surface area (Å²) in [5.41, 5.74) is 0.919. The van der Waals surface area contributed by atoms with E-state index in [9.17, 15) is 9.59 Å². The zero-order valence-electron chi connectivity index (χ0n) is 9.33. The van der Waals surface area contributed by atoms with E-state index in [2.05, 4.69) is 5.32 Å². The SMILES string of the molecule is O=CNCC[C@H](OCc1ccccc1)C(=O)O. The summed E-state index contributed by atoms with van der Waals surface area (Å²) in [5, 5.41) is 11.3. The number of hydrogen-bond donors (Lipinski definition) is 2. The Bertz CT molecular complexity index is 353. The summed E-state index contributed by atoms with van der Waals surface area (Å²) in [6.07, 6.45) is -0.112. The maximum atomic E-state index is 10.9. The molecule has 2 N–H and O–H groups in total. The first-order valence-corrected chi connectivity index (χ1v) is 5.29. The van der Waals surface area contributed by atoms with Gasteiger partial charge in [0.15, 0.2) is 6.10 Å². The number of carboxylic acid groups (broad SMARTS) is 1. The number of carbonyl (C=O) groups is 2. The quantitative estimate of drug-likeness (QED) is 0.518. The summed E-state index contributed by atoms with van der Waals surface area (Å²) >= 11 is 0. The van der Waals surface area contributed by atoms with Gasteiger partial charge in [-0.1, -0.05) is 30.3 Å². The Labute approximate surface area is 99.4 Å². The van der Waals surface area contributed by atoms with Crippen LogP contribution in [0.15, 0.2) is 30.3 Å². The molecule has 0 heterocycles. The third-order valence-electron chi connectivity index (χ3n) is 2.20. The Morgan fingerprint density at radius 2 is 2.12 bits per heavy atom. The maximum Gasteiger partial charge on any atom is 0.332 e. The molecule has 0 aliphatic heterocycles. The molecule has 1 amide bonds. The summed E-state index contributed by atoms with van der Waals surface area (Å²) in [5.74, 6) is -1.02. The second-order valence-corrected chi connectivity index (χ2v) is 3.48. The van der Waals surface area contributed by atoms with Crippen molar-refractivity contribution >= 4 is 12.4 Å². The van der Waals surface area contributed by atoms with Crippen molar-refractivity contribution in [2.24, 2.45) is 0 Å². The fraction of sp³-hybridized carbons (Fsp3) is 0.333. The van der Waals surface area contributed by atoms with Crippen LogP contribution in [0, 0.1) is 0 Å². The Kier molecular flexibility index (Phi) is 5.74. The van der Waals surface area contributed by atoms with Crippen LogP contribution in [0.2, 0.25) is 0 Å². The molecule has 0 bridgehead atoms. The fourth-order valence-electron chi connectivity index (χ4n) is 1.32. The lowest BCUT2D eigenvalue weighted by atomic mass is 10.2. The molecule has 1 rings (SSSR count). The molecule has 0 aliphatic rings. The van der Waals surface area contributed by atoms with Gasteiger partial charge in [0.2, 0.25) is 6.41 Å². The molecule has 0 saturated heterocycles. The van der Waals surface area contributed by atoms with E-state index in [1.807, 2.05) is 30.3 Å². The minimum atomic E-state index is -1.02. The van der Waals surface area contributed by atoms with Gasteiger partial charge in [-0.2, -0.15) is 0 Å². The van der Waals surface area contributed by atoms with Gasteiger partial charge in [-0.05, 0) is 5.56 Å². The lowest BCUT2D eigenvalue weighted by Gasteiger charge is -2.13. The van der Waals surface area contributed by atoms with Crippen molar-refractivity contribution in [3.63, 3.8) is 0 Å². The maximum absolute atomic E-state index is 10.9. The summed E-state index contributed by atoms with van der Waals surface area (Å²) in [6.45, 7) is 0.536. The van der Waals surface area contributed by atoms with Crippen molar-refractivity contribution < 1.29 is 19.4 Å². The van der Waals surface area contributed by atoms with Crippen LogP contribution < -0.4 is 5.32 Å². The number of hydrogen-bond acceptors (Lipinski definition) is 3. The van der Waals surface area contributed by atoms with Crippen LogP contribution in [-0.4, -0.2) is 30.1 Å². The third kappa shape index (κ3) is 5.12. The summed E-state index contributed by atoms with van der Waals surface area (Å²) in [4.78, 5) is 20.9. The highest BCUT2D eigenvalue weighted by Crippen LogP contribution is 2.05. The summed E-state index contributed by atoms with van der Waals surface area (Å²) < 4.78 is 5.28. The predicted octanol–water partition coefficient (Wildman–Crippen LogP) is 0.792. The Morgan fingerprint density at radius 1 is 1.41 bits per heavy atom. The molecule has 0 aromatic heterocycles. The first kappa shape index (κ1) is 13.2. The molecule has 1 atom stereocenters. The molecular formula is C12H15NO4. The first-order chi connectivity index (χ1) is 8.24. The standard InChI is InChI=1S/C12H15NO4/c14-9-13-7-6-11(12(15)16)17-8-10-4-2-1-3-5-10/h1-5,9,11H,6-8H2,(H,13,14)(H,15,16)/t11-/m0/s1. The summed E-state index contributed by atoms with van der Waals surface area (Å²) in [7, 11) is 0. The number of amides is 1. The Hall–Kier alpha value is -1.88. The van der Waals surface area contributed by atoms with Crippen molar-refractivity contribution in [3.8, 4) is 0 Å². The van der Waals surface area contributed by atoms with Crippen molar-refractivity contribution in [3.05, 3.63) is 35.9 Å². The predicted molar refractivity (Wildman–Crippen MR) is 61.3 cm³/mol. The van der Waals surface area contributed by atoms with Gasteiger partial charge >= 0.3 is 5.97 Å². The smallest absolute Gasteiger partial charge is 0.332 e. The van der Waals surface area contributed by atoms with E-state index in [0.717, 1.165) is 5.56 Å². The van der Waals surface area contributed by atoms with Gasteiger partial charge in [-0.15, -0.1) is 0 Å². The van der Waals surface area contributed by atoms with E-state index in [0.29, 0.717) is 6.41 Å². The number of benzene rings is 1. The molecule has 92 valence electrons. The average molecular weight is 237 g/mol. The lowest BCUT2D eigenvalue weighted by Crippen LogP contribution is -2.28. The van der Waals surface area contributed by atoms with E-state index in [1.54, 1.807) is 0 Å². The monoisotopic (exact) mass is 237 g/mol. The van der Waals surface area contributed by atoms with Gasteiger partial charge in [0, 0.05) is 13.0 Å². The number of aliphatic carboxylic acids is 1. The van der Waals surface area contributed by atoms with Gasteiger partial charge in [0.05, 0.1) is 6.61 Å². The van der Waals surface area contributed by atoms with E-state index in [4.69, 9.17) is 9.84 Å². The number of rotatable bonds is 8. The number of carboxylic acids is 1. The molecular weight excluding hydrogens is 222 g/mol. The van der Waals surface area contributed by atoms with E-state index in [1.165, 1.54) is 0 Å². The van der Waals surface area contributed by atoms with Crippen LogP contribution in [0.25, 0.3) is 0 Å². The largest absolute Gasteiger partial charge is 0.479 e. The molecule has 0 spiro atoms. The molecule has 1 aromatic carbocycles. The van der Waals surface area contributed by atoms with Gasteiger partial charge < -0.3 is 15.2 Å². The van der Waals surface area contributed by atoms with Crippen molar-refractivity contribution in [1.82, 2.24) is 5.32 Å². The van der Waals surface area contributed by atoms with Crippen LogP contribution >= 0.6 is 0 Å². The average Bonchev–Trinajstić information content (AvgIpc) is 2.34. The van der Waals surface area contributed by atoms with Crippen LogP contribution in [0.1, 0.15) is 12.0 Å². The third-order valence-corrected chi connectivity index (χ3v) is 2.20. The zero-order chi connectivity index (χ0) is 12.5. The second-order valence-electron chi connectivity index (χ2n) is 3.48. The van der Waals surface area contributed by atoms with Gasteiger partial charge in [0.1, 0.15) is 0 Å². The lowest BCUT2D eigenvalue weighted by molar-refractivity contribution is -0.151. The van der Waals surface area contributed by atoms with Crippen LogP contribution in [0.3, 0.4) is 0 Å². The van der Waals surface area contributed by atoms with Crippen LogP contribution in [0.5, 0.6) is 0 Å². The molecule has 5 nitrogen and oxygen atoms in total. The molecule has 1 aromatic rings. The molecule has 0 fully saturated rings. The van der Waals surface area contributed by atoms with Crippen LogP contribution in [-0.2, 0) is 20.9 Å². The Balaban J connectivity index is 2.39. The van der Waals surface area contributed by atoms with Gasteiger partial charge in [-0.3, -0.25) is 4.79 Å². The van der Waals surface area contributed by atoms with Crippen molar-refractivity contribution in [2.45, 2.75) is 19.1 Å². The second kappa shape index (κ2) is 7.40. The van der Waals surface area contributed by atoms with Crippen molar-refractivity contribution in [1.29, 1.82) is 0 Å². The Morgan fingerprint density at radius 3 is 2.71 bits per heavy atom. The van der Waals surface area contributed by atoms with Gasteiger partial charge in [-0.25, -0.2) is 4.79 Å².